The largest absolute Gasteiger partial charge is 0.494 e. The molecule has 2 atom stereocenters. The Kier molecular flexibility index (Phi) is 10.5. The van der Waals surface area contributed by atoms with Crippen molar-refractivity contribution < 1.29 is 32.5 Å². The second-order valence-electron chi connectivity index (χ2n) is 10.7. The number of carbonyl (C=O) groups is 1. The lowest BCUT2D eigenvalue weighted by molar-refractivity contribution is -0.137. The molecule has 0 saturated carbocycles. The molecule has 1 heterocycles. The minimum atomic E-state index is -4.49. The molecule has 242 valence electrons. The van der Waals surface area contributed by atoms with E-state index in [4.69, 9.17) is 19.6 Å². The van der Waals surface area contributed by atoms with Gasteiger partial charge in [0.2, 0.25) is 5.90 Å². The first kappa shape index (κ1) is 33.5. The fourth-order valence-corrected chi connectivity index (χ4v) is 5.43. The molecule has 0 spiro atoms. The van der Waals surface area contributed by atoms with Crippen molar-refractivity contribution in [2.24, 2.45) is 10.1 Å². The highest BCUT2D eigenvalue weighted by Crippen LogP contribution is 2.45. The first-order chi connectivity index (χ1) is 22.6. The Balaban J connectivity index is 1.57. The van der Waals surface area contributed by atoms with Crippen LogP contribution in [0.15, 0.2) is 112 Å². The highest BCUT2D eigenvalue weighted by Gasteiger charge is 2.53. The fraction of sp³-hybridized carbons (Fsp3) is 0.235. The number of rotatable bonds is 12. The Bertz CT molecular complexity index is 1780. The van der Waals surface area contributed by atoms with E-state index in [0.29, 0.717) is 35.5 Å². The molecular weight excluding hydrogens is 679 g/mol. The summed E-state index contributed by atoms with van der Waals surface area (Å²) >= 11 is 3.44. The summed E-state index contributed by atoms with van der Waals surface area (Å²) in [4.78, 5) is 22.3. The van der Waals surface area contributed by atoms with Crippen LogP contribution in [0, 0.1) is 0 Å². The number of carbonyl (C=O) groups excluding carboxylic acids is 1. The van der Waals surface area contributed by atoms with Crippen LogP contribution in [0.25, 0.3) is 10.4 Å². The van der Waals surface area contributed by atoms with E-state index in [1.54, 1.807) is 48.5 Å². The second-order valence-corrected chi connectivity index (χ2v) is 11.6. The van der Waals surface area contributed by atoms with Gasteiger partial charge in [-0.25, -0.2) is 4.99 Å². The molecule has 0 fully saturated rings. The maximum atomic E-state index is 14.4. The molecule has 1 aliphatic heterocycles. The van der Waals surface area contributed by atoms with Gasteiger partial charge in [0, 0.05) is 52.2 Å². The highest BCUT2D eigenvalue weighted by molar-refractivity contribution is 9.10. The molecule has 0 aromatic heterocycles. The molecule has 0 saturated heterocycles. The van der Waals surface area contributed by atoms with E-state index in [1.807, 2.05) is 24.3 Å². The number of halogens is 4. The zero-order valence-electron chi connectivity index (χ0n) is 24.8. The first-order valence-electron chi connectivity index (χ1n) is 14.6. The average Bonchev–Trinajstić information content (AvgIpc) is 3.45. The minimum absolute atomic E-state index is 0.00280. The molecular formula is C34H29BrF3N5O4. The fourth-order valence-electron chi connectivity index (χ4n) is 5.17. The van der Waals surface area contributed by atoms with Gasteiger partial charge in [-0.1, -0.05) is 69.6 Å². The van der Waals surface area contributed by atoms with Gasteiger partial charge in [-0.2, -0.15) is 13.2 Å². The summed E-state index contributed by atoms with van der Waals surface area (Å²) in [6.07, 6.45) is -5.00. The topological polar surface area (TPSA) is 129 Å². The summed E-state index contributed by atoms with van der Waals surface area (Å²) in [7, 11) is 0. The third kappa shape index (κ3) is 7.94. The van der Waals surface area contributed by atoms with Gasteiger partial charge in [0.05, 0.1) is 12.2 Å². The highest BCUT2D eigenvalue weighted by atomic mass is 79.9. The van der Waals surface area contributed by atoms with Gasteiger partial charge in [0.25, 0.3) is 5.91 Å². The molecule has 0 unspecified atom stereocenters. The van der Waals surface area contributed by atoms with Crippen LogP contribution in [0.5, 0.6) is 5.75 Å². The molecule has 4 aromatic rings. The maximum absolute atomic E-state index is 14.4. The second kappa shape index (κ2) is 14.7. The third-order valence-corrected chi connectivity index (χ3v) is 8.05. The van der Waals surface area contributed by atoms with E-state index in [1.165, 1.54) is 12.1 Å². The molecule has 2 N–H and O–H groups in total. The summed E-state index contributed by atoms with van der Waals surface area (Å²) in [6.45, 7) is 0.262. The number of ether oxygens (including phenoxy) is 2. The molecule has 5 rings (SSSR count). The van der Waals surface area contributed by atoms with Crippen molar-refractivity contribution in [2.45, 2.75) is 37.2 Å². The molecule has 0 aliphatic carbocycles. The van der Waals surface area contributed by atoms with Gasteiger partial charge >= 0.3 is 6.18 Å². The van der Waals surface area contributed by atoms with Crippen molar-refractivity contribution in [1.29, 1.82) is 0 Å². The van der Waals surface area contributed by atoms with Crippen molar-refractivity contribution in [3.8, 4) is 5.75 Å². The molecule has 47 heavy (non-hydrogen) atoms. The number of hydrogen-bond donors (Lipinski definition) is 2. The van der Waals surface area contributed by atoms with Crippen molar-refractivity contribution in [3.05, 3.63) is 140 Å². The average molecular weight is 709 g/mol. The molecule has 4 aromatic carbocycles. The number of benzene rings is 4. The predicted molar refractivity (Wildman–Crippen MR) is 173 cm³/mol. The van der Waals surface area contributed by atoms with Crippen LogP contribution in [0.1, 0.15) is 40.3 Å². The first-order valence-corrected chi connectivity index (χ1v) is 15.4. The lowest BCUT2D eigenvalue weighted by Crippen LogP contribution is -2.49. The summed E-state index contributed by atoms with van der Waals surface area (Å²) in [5.74, 6) is 0.191. The number of nitrogens with one attached hydrogen (secondary N) is 1. The lowest BCUT2D eigenvalue weighted by atomic mass is 9.81. The van der Waals surface area contributed by atoms with Crippen LogP contribution in [0.4, 0.5) is 18.9 Å². The van der Waals surface area contributed by atoms with Crippen LogP contribution in [0.3, 0.4) is 0 Å². The molecule has 0 bridgehead atoms. The van der Waals surface area contributed by atoms with Gasteiger partial charge in [-0.05, 0) is 65.2 Å². The zero-order chi connectivity index (χ0) is 33.4. The van der Waals surface area contributed by atoms with Gasteiger partial charge in [0.15, 0.2) is 11.6 Å². The van der Waals surface area contributed by atoms with Crippen molar-refractivity contribution in [2.75, 3.05) is 13.2 Å². The summed E-state index contributed by atoms with van der Waals surface area (Å²) in [5, 5.41) is 15.8. The quantitative estimate of drug-likeness (QED) is 0.0669. The van der Waals surface area contributed by atoms with Gasteiger partial charge in [0.1, 0.15) is 5.75 Å². The Morgan fingerprint density at radius 3 is 2.36 bits per heavy atom. The van der Waals surface area contributed by atoms with Crippen LogP contribution >= 0.6 is 15.9 Å². The number of nitrogens with zero attached hydrogens (tertiary/aromatic N) is 4. The number of alkyl halides is 3. The van der Waals surface area contributed by atoms with E-state index >= 15 is 0 Å². The predicted octanol–water partition coefficient (Wildman–Crippen LogP) is 7.99. The van der Waals surface area contributed by atoms with Gasteiger partial charge in [-0.3, -0.25) is 4.79 Å². The Morgan fingerprint density at radius 2 is 1.70 bits per heavy atom. The summed E-state index contributed by atoms with van der Waals surface area (Å²) in [6, 6.07) is 25.6. The number of amides is 1. The van der Waals surface area contributed by atoms with Crippen LogP contribution in [-0.4, -0.2) is 35.7 Å². The normalized spacial score (nSPS) is 17.3. The molecule has 1 amide bonds. The summed E-state index contributed by atoms with van der Waals surface area (Å²) in [5.41, 5.74) is 9.32. The SMILES string of the molecule is [N-]=[N+]=Nc1ccccc1[C@H]1OC(c2ccc(OCCCO)cc2)=N[C@@]1(Cc1ccc(Br)cc1)C(=O)NCc1ccc(C(F)(F)F)cc1. The van der Waals surface area contributed by atoms with E-state index in [0.717, 1.165) is 22.2 Å². The molecule has 9 nitrogen and oxygen atoms in total. The van der Waals surface area contributed by atoms with Crippen LogP contribution in [0.2, 0.25) is 0 Å². The summed E-state index contributed by atoms with van der Waals surface area (Å²) < 4.78 is 52.4. The molecule has 0 radical (unpaired) electrons. The number of aliphatic hydroxyl groups excluding tert-OH is 1. The Morgan fingerprint density at radius 1 is 1.02 bits per heavy atom. The minimum Gasteiger partial charge on any atom is -0.494 e. The maximum Gasteiger partial charge on any atom is 0.416 e. The smallest absolute Gasteiger partial charge is 0.416 e. The van der Waals surface area contributed by atoms with E-state index in [2.05, 4.69) is 31.3 Å². The number of hydrogen-bond acceptors (Lipinski definition) is 6. The molecule has 1 aliphatic rings. The monoisotopic (exact) mass is 707 g/mol. The van der Waals surface area contributed by atoms with Crippen molar-refractivity contribution in [1.82, 2.24) is 5.32 Å². The molecule has 13 heteroatoms. The van der Waals surface area contributed by atoms with E-state index in [9.17, 15) is 23.5 Å². The number of aliphatic hydroxyl groups is 1. The van der Waals surface area contributed by atoms with Crippen LogP contribution < -0.4 is 10.1 Å². The zero-order valence-corrected chi connectivity index (χ0v) is 26.4. The van der Waals surface area contributed by atoms with E-state index < -0.39 is 29.3 Å². The van der Waals surface area contributed by atoms with E-state index in [-0.39, 0.29) is 31.2 Å². The lowest BCUT2D eigenvalue weighted by Gasteiger charge is -2.31. The third-order valence-electron chi connectivity index (χ3n) is 7.52. The Hall–Kier alpha value is -4.84. The van der Waals surface area contributed by atoms with Crippen LogP contribution in [-0.2, 0) is 28.7 Å². The number of aliphatic imine (C=N–C) groups is 1. The van der Waals surface area contributed by atoms with Gasteiger partial charge in [-0.15, -0.1) is 0 Å². The van der Waals surface area contributed by atoms with Gasteiger partial charge < -0.3 is 19.9 Å². The van der Waals surface area contributed by atoms with Crippen molar-refractivity contribution in [3.63, 3.8) is 0 Å². The standard InChI is InChI=1S/C34H29BrF3N5O4/c35-26-14-8-22(9-15-26)20-33(32(45)40-21-23-6-12-25(13-7-23)34(36,37)38)30(28-4-1-2-5-29(28)42-43-39)47-31(41-33)24-10-16-27(17-11-24)46-19-3-18-44/h1-2,4-17,30,44H,3,18-21H2,(H,40,45)/t30-,33-/m1/s1. The number of azide groups is 1. The Labute approximate surface area is 276 Å². The van der Waals surface area contributed by atoms with Crippen molar-refractivity contribution >= 4 is 33.4 Å².